The minimum absolute atomic E-state index is 0.484. The summed E-state index contributed by atoms with van der Waals surface area (Å²) in [5.74, 6) is 0. The molecule has 8 heteroatoms. The zero-order chi connectivity index (χ0) is 43.2. The maximum atomic E-state index is 2.56. The average Bonchev–Trinajstić information content (AvgIpc) is 3.38. The summed E-state index contributed by atoms with van der Waals surface area (Å²) in [6.45, 7) is 0. The summed E-state index contributed by atoms with van der Waals surface area (Å²) in [5.41, 5.74) is 2.61. The second-order valence-electron chi connectivity index (χ2n) is 15.8. The SMILES string of the molecule is c1ccc(-c2ccc(P3CCCCCCCCPP(c4ccccc4)P(c4ccccc4)P(c4ccccc4)P(c4ccccc4)P(c4ccccc4)P3c3ccccc3)cc2)cc1. The molecule has 1 aliphatic heterocycles. The van der Waals surface area contributed by atoms with E-state index in [0.29, 0.717) is 0 Å². The van der Waals surface area contributed by atoms with Crippen molar-refractivity contribution < 1.29 is 0 Å². The van der Waals surface area contributed by atoms with E-state index < -0.39 is 51.4 Å². The highest BCUT2D eigenvalue weighted by molar-refractivity contribution is 9.02. The van der Waals surface area contributed by atoms with Gasteiger partial charge < -0.3 is 0 Å². The van der Waals surface area contributed by atoms with Gasteiger partial charge in [-0.05, 0) is 125 Å². The Labute approximate surface area is 392 Å². The molecule has 0 N–H and O–H groups in total. The topological polar surface area (TPSA) is 0 Å². The van der Waals surface area contributed by atoms with Gasteiger partial charge in [-0.15, -0.1) is 0 Å². The number of hydrogen-bond acceptors (Lipinski definition) is 0. The van der Waals surface area contributed by atoms with Crippen LogP contribution >= 0.6 is 59.7 Å². The Morgan fingerprint density at radius 3 is 1.05 bits per heavy atom. The van der Waals surface area contributed by atoms with Crippen LogP contribution < -0.4 is 37.1 Å². The van der Waals surface area contributed by atoms with Gasteiger partial charge in [0.2, 0.25) is 0 Å². The van der Waals surface area contributed by atoms with E-state index in [9.17, 15) is 0 Å². The van der Waals surface area contributed by atoms with Gasteiger partial charge in [-0.1, -0.05) is 271 Å². The van der Waals surface area contributed by atoms with Gasteiger partial charge in [0, 0.05) is 0 Å². The normalized spacial score (nSPS) is 23.0. The van der Waals surface area contributed by atoms with Gasteiger partial charge in [0.05, 0.1) is 0 Å². The molecule has 9 rings (SSSR count). The van der Waals surface area contributed by atoms with Crippen LogP contribution in [0.4, 0.5) is 0 Å². The molecule has 1 fully saturated rings. The molecule has 8 aromatic rings. The molecule has 320 valence electrons. The van der Waals surface area contributed by atoms with Crippen LogP contribution in [-0.4, -0.2) is 12.3 Å². The van der Waals surface area contributed by atoms with E-state index in [-0.39, 0.29) is 0 Å². The first-order valence-electron chi connectivity index (χ1n) is 22.6. The fourth-order valence-corrected chi connectivity index (χ4v) is 85.8. The van der Waals surface area contributed by atoms with Crippen LogP contribution in [0.25, 0.3) is 11.1 Å². The molecule has 0 bridgehead atoms. The summed E-state index contributed by atoms with van der Waals surface area (Å²) in [6, 6.07) is 93.1. The zero-order valence-electron chi connectivity index (χ0n) is 36.3. The van der Waals surface area contributed by atoms with Crippen molar-refractivity contribution in [3.63, 3.8) is 0 Å². The van der Waals surface area contributed by atoms with Crippen molar-refractivity contribution in [2.45, 2.75) is 38.5 Å². The highest BCUT2D eigenvalue weighted by Crippen LogP contribution is 3.09. The molecule has 0 amide bonds. The molecule has 0 nitrogen and oxygen atoms in total. The van der Waals surface area contributed by atoms with Crippen LogP contribution in [0.5, 0.6) is 0 Å². The molecule has 1 heterocycles. The molecule has 8 atom stereocenters. The lowest BCUT2D eigenvalue weighted by Crippen LogP contribution is -2.15. The van der Waals surface area contributed by atoms with E-state index in [4.69, 9.17) is 0 Å². The molecule has 0 spiro atoms. The molecule has 8 aromatic carbocycles. The first-order chi connectivity index (χ1) is 31.8. The Balaban J connectivity index is 1.35. The molecule has 64 heavy (non-hydrogen) atoms. The van der Waals surface area contributed by atoms with Crippen molar-refractivity contribution in [1.29, 1.82) is 0 Å². The summed E-state index contributed by atoms with van der Waals surface area (Å²) >= 11 is 0. The van der Waals surface area contributed by atoms with Gasteiger partial charge in [0.25, 0.3) is 0 Å². The Bertz CT molecular complexity index is 2550. The van der Waals surface area contributed by atoms with Crippen molar-refractivity contribution >= 4 is 96.8 Å². The molecule has 1 aliphatic rings. The molecule has 0 saturated carbocycles. The van der Waals surface area contributed by atoms with E-state index in [1.54, 1.807) is 37.1 Å². The van der Waals surface area contributed by atoms with Gasteiger partial charge in [-0.3, -0.25) is 0 Å². The standard InChI is InChI=1S/C56H56P8/c1-2-4-27-47-58(50-44-42-49(43-45-50)48-28-12-5-13-29-48)60(52-32-16-7-17-33-52)62(54-36-20-9-21-37-54)64(56-40-24-11-25-41-56)63(55-38-22-10-23-39-55)61(53-34-18-8-19-35-53)59(57-46-26-3-1)51-30-14-6-15-31-51/h5-25,28-45,57H,1-4,26-27,46-47H2. The van der Waals surface area contributed by atoms with Gasteiger partial charge in [0.15, 0.2) is 0 Å². The second-order valence-corrected chi connectivity index (χ2v) is 47.8. The lowest BCUT2D eigenvalue weighted by atomic mass is 10.1. The molecule has 0 aromatic heterocycles. The van der Waals surface area contributed by atoms with Crippen molar-refractivity contribution in [3.8, 4) is 11.1 Å². The van der Waals surface area contributed by atoms with Gasteiger partial charge in [-0.25, -0.2) is 0 Å². The Kier molecular flexibility index (Phi) is 17.6. The average molecular weight is 977 g/mol. The maximum absolute atomic E-state index is 2.56. The predicted molar refractivity (Wildman–Crippen MR) is 302 cm³/mol. The molecule has 0 radical (unpaired) electrons. The van der Waals surface area contributed by atoms with Crippen LogP contribution in [0.3, 0.4) is 0 Å². The summed E-state index contributed by atoms with van der Waals surface area (Å²) < 4.78 is 0. The third-order valence-corrected chi connectivity index (χ3v) is 64.9. The van der Waals surface area contributed by atoms with Crippen molar-refractivity contribution in [2.24, 2.45) is 0 Å². The highest BCUT2D eigenvalue weighted by Gasteiger charge is 2.46. The van der Waals surface area contributed by atoms with Crippen molar-refractivity contribution in [2.75, 3.05) is 12.3 Å². The van der Waals surface area contributed by atoms with Crippen LogP contribution in [0.2, 0.25) is 0 Å². The minimum Gasteiger partial charge on any atom is -0.0862 e. The Morgan fingerprint density at radius 2 is 0.578 bits per heavy atom. The zero-order valence-corrected chi connectivity index (χ0v) is 43.6. The molecule has 8 unspecified atom stereocenters. The molecular weight excluding hydrogens is 920 g/mol. The lowest BCUT2D eigenvalue weighted by Gasteiger charge is -2.47. The number of benzene rings is 8. The van der Waals surface area contributed by atoms with E-state index in [1.807, 2.05) is 0 Å². The Morgan fingerprint density at radius 1 is 0.250 bits per heavy atom. The van der Waals surface area contributed by atoms with Crippen LogP contribution in [0, 0.1) is 0 Å². The van der Waals surface area contributed by atoms with Crippen molar-refractivity contribution in [1.82, 2.24) is 0 Å². The smallest absolute Gasteiger partial charge is 0.00564 e. The quantitative estimate of drug-likeness (QED) is 0.133. The fraction of sp³-hybridized carbons (Fsp3) is 0.143. The lowest BCUT2D eigenvalue weighted by molar-refractivity contribution is 0.629. The van der Waals surface area contributed by atoms with E-state index in [2.05, 4.69) is 237 Å². The van der Waals surface area contributed by atoms with Crippen LogP contribution in [-0.2, 0) is 0 Å². The van der Waals surface area contributed by atoms with Crippen molar-refractivity contribution in [3.05, 3.63) is 237 Å². The Hall–Kier alpha value is -2.80. The van der Waals surface area contributed by atoms with Gasteiger partial charge >= 0.3 is 0 Å². The summed E-state index contributed by atoms with van der Waals surface area (Å²) in [7, 11) is -3.59. The summed E-state index contributed by atoms with van der Waals surface area (Å²) in [6.07, 6.45) is 10.6. The largest absolute Gasteiger partial charge is 0.0862 e. The summed E-state index contributed by atoms with van der Waals surface area (Å²) in [5, 5.41) is 11.2. The second kappa shape index (κ2) is 24.3. The van der Waals surface area contributed by atoms with E-state index in [0.717, 1.165) is 8.27 Å². The van der Waals surface area contributed by atoms with Crippen LogP contribution in [0.1, 0.15) is 38.5 Å². The predicted octanol–water partition coefficient (Wildman–Crippen LogP) is 16.7. The highest BCUT2D eigenvalue weighted by atomic mass is 32.9. The minimum atomic E-state index is -0.745. The maximum Gasteiger partial charge on any atom is -0.00564 e. The van der Waals surface area contributed by atoms with Crippen LogP contribution in [0.15, 0.2) is 237 Å². The number of hydrogen-bond donors (Lipinski definition) is 0. The molecule has 0 aliphatic carbocycles. The monoisotopic (exact) mass is 976 g/mol. The summed E-state index contributed by atoms with van der Waals surface area (Å²) in [4.78, 5) is 0. The van der Waals surface area contributed by atoms with Gasteiger partial charge in [0.1, 0.15) is 0 Å². The third-order valence-electron chi connectivity index (χ3n) is 11.4. The fourth-order valence-electron chi connectivity index (χ4n) is 8.27. The molecular formula is C56H56P8. The van der Waals surface area contributed by atoms with E-state index >= 15 is 0 Å². The first-order valence-corrected chi connectivity index (χ1v) is 38.5. The van der Waals surface area contributed by atoms with E-state index in [1.165, 1.54) is 62.0 Å². The number of rotatable bonds is 8. The first kappa shape index (κ1) is 46.3. The third kappa shape index (κ3) is 11.6. The van der Waals surface area contributed by atoms with Gasteiger partial charge in [-0.2, -0.15) is 0 Å². The molecule has 1 saturated heterocycles.